The number of hydrogen-bond acceptors (Lipinski definition) is 10. The zero-order chi connectivity index (χ0) is 24.1. The van der Waals surface area contributed by atoms with E-state index >= 15 is 0 Å². The van der Waals surface area contributed by atoms with Gasteiger partial charge in [-0.3, -0.25) is 9.59 Å². The van der Waals surface area contributed by atoms with Gasteiger partial charge in [0.15, 0.2) is 0 Å². The molecule has 0 rings (SSSR count). The van der Waals surface area contributed by atoms with Crippen LogP contribution in [0, 0.1) is 10.8 Å². The zero-order valence-corrected chi connectivity index (χ0v) is 20.6. The molecule has 0 saturated carbocycles. The molecule has 0 aromatic rings. The quantitative estimate of drug-likeness (QED) is 0.0878. The Labute approximate surface area is 211 Å². The molecule has 176 valence electrons. The summed E-state index contributed by atoms with van der Waals surface area (Å²) in [5, 5.41) is 61.3. The first kappa shape index (κ1) is 34.6. The van der Waals surface area contributed by atoms with Crippen LogP contribution in [0.15, 0.2) is 0 Å². The largest absolute Gasteiger partial charge is 2.00 e. The third kappa shape index (κ3) is 15.4. The Balaban J connectivity index is -0.000000490. The Morgan fingerprint density at radius 1 is 0.742 bits per heavy atom. The van der Waals surface area contributed by atoms with Crippen molar-refractivity contribution < 1.29 is 49.8 Å². The van der Waals surface area contributed by atoms with Gasteiger partial charge < -0.3 is 50.9 Å². The summed E-state index contributed by atoms with van der Waals surface area (Å²) in [6, 6.07) is 0. The van der Waals surface area contributed by atoms with Crippen molar-refractivity contribution in [3.8, 4) is 0 Å². The van der Waals surface area contributed by atoms with Crippen molar-refractivity contribution in [3.05, 3.63) is 0 Å². The second-order valence-electron chi connectivity index (χ2n) is 7.92. The molecule has 0 aromatic heterocycles. The SMILES string of the molecule is CC(C)(CO)[C@@H](O)C(=O)[15NH][13CH2][13CH2][13C](=O)[O-].CC(C)(CO)[C@@H](O)C(=O)[15NH][13CH2][13CH2][13C](=O)[O-].[Ca+2]. The van der Waals surface area contributed by atoms with Crippen LogP contribution in [-0.2, 0) is 19.2 Å². The molecule has 0 fully saturated rings. The second kappa shape index (κ2) is 16.6. The molecule has 6 N–H and O–H groups in total. The summed E-state index contributed by atoms with van der Waals surface area (Å²) in [4.78, 5) is 42.6. The van der Waals surface area contributed by atoms with Crippen molar-refractivity contribution in [3.63, 3.8) is 0 Å². The Hall–Kier alpha value is -1.02. The van der Waals surface area contributed by atoms with E-state index in [4.69, 9.17) is 10.2 Å². The summed E-state index contributed by atoms with van der Waals surface area (Å²) < 4.78 is 0. The molecule has 0 bridgehead atoms. The third-order valence-corrected chi connectivity index (χ3v) is 4.05. The van der Waals surface area contributed by atoms with Crippen molar-refractivity contribution in [2.24, 2.45) is 10.8 Å². The first-order valence-electron chi connectivity index (χ1n) is 9.15. The Bertz CT molecular complexity index is 534. The first-order chi connectivity index (χ1) is 13.6. The van der Waals surface area contributed by atoms with Crippen LogP contribution in [0.5, 0.6) is 0 Å². The average molecular weight is 484 g/mol. The fourth-order valence-corrected chi connectivity index (χ4v) is 1.65. The molecule has 0 aliphatic heterocycles. The van der Waals surface area contributed by atoms with Crippen LogP contribution in [0.3, 0.4) is 0 Å². The Morgan fingerprint density at radius 2 is 1.00 bits per heavy atom. The van der Waals surface area contributed by atoms with E-state index in [1.54, 1.807) is 0 Å². The fraction of sp³-hybridized carbons (Fsp3) is 0.778. The first-order valence-corrected chi connectivity index (χ1v) is 9.15. The molecule has 0 saturated heterocycles. The van der Waals surface area contributed by atoms with E-state index in [2.05, 4.69) is 10.6 Å². The smallest absolute Gasteiger partial charge is 0.550 e. The number of amides is 2. The van der Waals surface area contributed by atoms with Gasteiger partial charge in [-0.1, -0.05) is 27.7 Å². The molecule has 0 aromatic carbocycles. The number of carbonyl (C=O) groups excluding carboxylic acids is 4. The van der Waals surface area contributed by atoms with Gasteiger partial charge in [0, 0.05) is 48.7 Å². The molecule has 0 aliphatic carbocycles. The van der Waals surface area contributed by atoms with Gasteiger partial charge in [-0.25, -0.2) is 0 Å². The fourth-order valence-electron chi connectivity index (χ4n) is 1.65. The van der Waals surface area contributed by atoms with Crippen molar-refractivity contribution >= 4 is 61.5 Å². The number of carbonyl (C=O) groups is 4. The molecule has 0 spiro atoms. The molecule has 0 heterocycles. The van der Waals surface area contributed by atoms with E-state index in [0.717, 1.165) is 0 Å². The van der Waals surface area contributed by atoms with Crippen molar-refractivity contribution in [2.75, 3.05) is 26.3 Å². The van der Waals surface area contributed by atoms with E-state index < -0.39 is 46.8 Å². The summed E-state index contributed by atoms with van der Waals surface area (Å²) in [6.45, 7) is 5.21. The minimum Gasteiger partial charge on any atom is -0.550 e. The van der Waals surface area contributed by atoms with E-state index in [1.165, 1.54) is 27.7 Å². The number of aliphatic carboxylic acids is 2. The second-order valence-corrected chi connectivity index (χ2v) is 7.92. The van der Waals surface area contributed by atoms with Gasteiger partial charge in [0.1, 0.15) is 12.2 Å². The van der Waals surface area contributed by atoms with Gasteiger partial charge in [-0.2, -0.15) is 0 Å². The number of rotatable bonds is 12. The predicted octanol–water partition coefficient (Wildman–Crippen LogP) is -5.14. The van der Waals surface area contributed by atoms with Crippen LogP contribution < -0.4 is 20.8 Å². The minimum absolute atomic E-state index is 0. The third-order valence-electron chi connectivity index (χ3n) is 4.05. The van der Waals surface area contributed by atoms with Crippen LogP contribution in [0.1, 0.15) is 40.5 Å². The zero-order valence-electron chi connectivity index (χ0n) is 18.3. The van der Waals surface area contributed by atoms with Gasteiger partial charge >= 0.3 is 37.7 Å². The Kier molecular flexibility index (Phi) is 18.5. The number of nitrogens with one attached hydrogen (secondary N) is 2. The van der Waals surface area contributed by atoms with Crippen LogP contribution in [0.25, 0.3) is 0 Å². The summed E-state index contributed by atoms with van der Waals surface area (Å²) in [5.41, 5.74) is -1.91. The summed E-state index contributed by atoms with van der Waals surface area (Å²) in [5.74, 6) is -3.94. The molecular weight excluding hydrogens is 452 g/mol. The summed E-state index contributed by atoms with van der Waals surface area (Å²) in [6.07, 6.45) is -3.36. The van der Waals surface area contributed by atoms with E-state index in [9.17, 15) is 39.6 Å². The minimum atomic E-state index is -1.37. The van der Waals surface area contributed by atoms with Crippen molar-refractivity contribution in [2.45, 2.75) is 52.7 Å². The van der Waals surface area contributed by atoms with E-state index in [1.807, 2.05) is 0 Å². The maximum atomic E-state index is 11.2. The molecular formula is C18H32CaN2O10. The average Bonchev–Trinajstić information content (AvgIpc) is 2.66. The maximum Gasteiger partial charge on any atom is 2.00 e. The Morgan fingerprint density at radius 3 is 1.19 bits per heavy atom. The van der Waals surface area contributed by atoms with Crippen LogP contribution in [0.4, 0.5) is 0 Å². The maximum absolute atomic E-state index is 11.2. The van der Waals surface area contributed by atoms with E-state index in [-0.39, 0.29) is 76.9 Å². The molecule has 2 atom stereocenters. The van der Waals surface area contributed by atoms with Gasteiger partial charge in [0.05, 0.1) is 13.2 Å². The number of carboxylic acid groups (broad SMARTS) is 2. The molecule has 12 nitrogen and oxygen atoms in total. The van der Waals surface area contributed by atoms with Gasteiger partial charge in [-0.05, 0) is 0 Å². The van der Waals surface area contributed by atoms with Crippen LogP contribution in [0.2, 0.25) is 0 Å². The monoisotopic (exact) mass is 484 g/mol. The molecule has 0 unspecified atom stereocenters. The van der Waals surface area contributed by atoms with Crippen LogP contribution in [-0.4, -0.2) is 120 Å². The van der Waals surface area contributed by atoms with Gasteiger partial charge in [0.25, 0.3) is 0 Å². The van der Waals surface area contributed by atoms with Gasteiger partial charge in [-0.15, -0.1) is 0 Å². The van der Waals surface area contributed by atoms with Crippen molar-refractivity contribution in [1.82, 2.24) is 10.6 Å². The van der Waals surface area contributed by atoms with Crippen molar-refractivity contribution in [1.29, 1.82) is 0 Å². The van der Waals surface area contributed by atoms with Gasteiger partial charge in [0.2, 0.25) is 11.8 Å². The number of carboxylic acids is 2. The summed E-state index contributed by atoms with van der Waals surface area (Å²) >= 11 is 0. The standard InChI is InChI=1S/2C9H17NO5.Ca/c2*1-9(2,5-11)7(14)8(15)10-4-3-6(12)13;/h2*7,11,14H,3-5H2,1-2H3,(H,10,15)(H,12,13);/q;;+2/p-2/t2*7-;/m00./s1/i2*3+1,4+1,6+1,10+1;. The number of aliphatic hydroxyl groups excluding tert-OH is 4. The summed E-state index contributed by atoms with van der Waals surface area (Å²) in [7, 11) is 0. The predicted molar refractivity (Wildman–Crippen MR) is 105 cm³/mol. The number of hydrogen-bond donors (Lipinski definition) is 6. The molecule has 13 heteroatoms. The molecule has 31 heavy (non-hydrogen) atoms. The molecule has 2 amide bonds. The normalized spacial score (nSPS) is 12.9. The topological polar surface area (TPSA) is 219 Å². The molecule has 0 aliphatic rings. The number of aliphatic hydroxyl groups is 4. The molecule has 0 radical (unpaired) electrons. The van der Waals surface area contributed by atoms with E-state index in [0.29, 0.717) is 0 Å². The van der Waals surface area contributed by atoms with Crippen LogP contribution >= 0.6 is 0 Å².